The number of hydrogen-bond acceptors (Lipinski definition) is 5. The molecule has 0 spiro atoms. The predicted molar refractivity (Wildman–Crippen MR) is 105 cm³/mol. The van der Waals surface area contributed by atoms with Crippen molar-refractivity contribution < 1.29 is 9.47 Å². The van der Waals surface area contributed by atoms with Crippen molar-refractivity contribution in [2.24, 2.45) is 0 Å². The Morgan fingerprint density at radius 3 is 2.46 bits per heavy atom. The molecule has 0 aliphatic rings. The lowest BCUT2D eigenvalue weighted by Gasteiger charge is -2.18. The maximum absolute atomic E-state index is 12.3. The van der Waals surface area contributed by atoms with Gasteiger partial charge >= 0.3 is 0 Å². The summed E-state index contributed by atoms with van der Waals surface area (Å²) in [6, 6.07) is 14.4. The average Bonchev–Trinajstić information content (AvgIpc) is 2.64. The number of aromatic nitrogens is 2. The Kier molecular flexibility index (Phi) is 6.08. The van der Waals surface area contributed by atoms with E-state index in [4.69, 9.17) is 9.47 Å². The van der Waals surface area contributed by atoms with Crippen LogP contribution in [0.1, 0.15) is 37.2 Å². The number of aromatic amines is 1. The van der Waals surface area contributed by atoms with Crippen LogP contribution < -0.4 is 5.56 Å². The molecule has 0 aliphatic heterocycles. The molecule has 5 nitrogen and oxygen atoms in total. The molecule has 1 aromatic heterocycles. The number of fused-ring (bicyclic) bond motifs is 1. The normalized spacial score (nSPS) is 11.4. The van der Waals surface area contributed by atoms with Crippen LogP contribution in [0.25, 0.3) is 10.8 Å². The summed E-state index contributed by atoms with van der Waals surface area (Å²) in [6.45, 7) is 4.64. The molecule has 0 fully saturated rings. The second kappa shape index (κ2) is 8.49. The molecule has 3 aromatic rings. The smallest absolute Gasteiger partial charge is 0.264 e. The van der Waals surface area contributed by atoms with Crippen LogP contribution in [0, 0.1) is 0 Å². The van der Waals surface area contributed by atoms with E-state index in [-0.39, 0.29) is 10.5 Å². The van der Waals surface area contributed by atoms with Crippen molar-refractivity contribution in [3.8, 4) is 0 Å². The van der Waals surface area contributed by atoms with Crippen LogP contribution in [-0.2, 0) is 15.9 Å². The molecular weight excluding hydrogens is 348 g/mol. The standard InChI is InChI=1S/C20H22N2O3S/c1-3-24-20(25-4-2)17-18(26)19(23)22-16(21-17)12-13-9-10-14-7-5-6-8-15(14)11-13/h5-11,20,26H,3-4,12H2,1-2H3,(H,21,22,23). The minimum Gasteiger partial charge on any atom is -0.347 e. The van der Waals surface area contributed by atoms with Crippen LogP contribution in [0.4, 0.5) is 0 Å². The van der Waals surface area contributed by atoms with Gasteiger partial charge in [-0.05, 0) is 30.2 Å². The molecule has 0 radical (unpaired) electrons. The van der Waals surface area contributed by atoms with Crippen molar-refractivity contribution in [3.05, 3.63) is 69.9 Å². The SMILES string of the molecule is CCOC(OCC)c1nc(Cc2ccc3ccccc3c2)[nH]c(=O)c1S. The van der Waals surface area contributed by atoms with Crippen LogP contribution in [0.5, 0.6) is 0 Å². The first kappa shape index (κ1) is 18.6. The van der Waals surface area contributed by atoms with Crippen molar-refractivity contribution in [1.82, 2.24) is 9.97 Å². The molecule has 26 heavy (non-hydrogen) atoms. The second-order valence-electron chi connectivity index (χ2n) is 5.85. The zero-order valence-corrected chi connectivity index (χ0v) is 15.8. The Bertz CT molecular complexity index is 949. The van der Waals surface area contributed by atoms with E-state index in [1.807, 2.05) is 32.0 Å². The van der Waals surface area contributed by atoms with E-state index in [0.29, 0.717) is 31.2 Å². The van der Waals surface area contributed by atoms with Crippen molar-refractivity contribution >= 4 is 23.4 Å². The number of nitrogens with zero attached hydrogens (tertiary/aromatic N) is 1. The van der Waals surface area contributed by atoms with Gasteiger partial charge in [0.1, 0.15) is 11.5 Å². The minimum absolute atomic E-state index is 0.221. The van der Waals surface area contributed by atoms with Crippen LogP contribution in [0.3, 0.4) is 0 Å². The summed E-state index contributed by atoms with van der Waals surface area (Å²) in [5.41, 5.74) is 1.18. The number of ether oxygens (including phenoxy) is 2. The highest BCUT2D eigenvalue weighted by Gasteiger charge is 2.20. The summed E-state index contributed by atoms with van der Waals surface area (Å²) in [7, 11) is 0. The number of benzene rings is 2. The molecular formula is C20H22N2O3S. The van der Waals surface area contributed by atoms with Gasteiger partial charge in [0.15, 0.2) is 0 Å². The van der Waals surface area contributed by atoms with Crippen molar-refractivity contribution in [3.63, 3.8) is 0 Å². The van der Waals surface area contributed by atoms with E-state index in [0.717, 1.165) is 10.9 Å². The molecule has 2 aromatic carbocycles. The lowest BCUT2D eigenvalue weighted by molar-refractivity contribution is -0.144. The second-order valence-corrected chi connectivity index (χ2v) is 6.29. The lowest BCUT2D eigenvalue weighted by Crippen LogP contribution is -2.21. The van der Waals surface area contributed by atoms with Crippen LogP contribution >= 0.6 is 12.6 Å². The van der Waals surface area contributed by atoms with Gasteiger partial charge in [-0.1, -0.05) is 42.5 Å². The number of H-pyrrole nitrogens is 1. The number of hydrogen-bond donors (Lipinski definition) is 2. The summed E-state index contributed by atoms with van der Waals surface area (Å²) >= 11 is 4.29. The zero-order chi connectivity index (χ0) is 18.5. The molecule has 1 N–H and O–H groups in total. The quantitative estimate of drug-likeness (QED) is 0.489. The number of thiol groups is 1. The van der Waals surface area contributed by atoms with Gasteiger partial charge in [0.2, 0.25) is 6.29 Å². The maximum Gasteiger partial charge on any atom is 0.264 e. The maximum atomic E-state index is 12.3. The Hall–Kier alpha value is -2.15. The third-order valence-corrected chi connectivity index (χ3v) is 4.45. The summed E-state index contributed by atoms with van der Waals surface area (Å²) < 4.78 is 11.2. The van der Waals surface area contributed by atoms with Crippen LogP contribution in [0.2, 0.25) is 0 Å². The van der Waals surface area contributed by atoms with Gasteiger partial charge in [-0.15, -0.1) is 12.6 Å². The van der Waals surface area contributed by atoms with Crippen molar-refractivity contribution in [2.75, 3.05) is 13.2 Å². The fourth-order valence-corrected chi connectivity index (χ4v) is 3.04. The molecule has 136 valence electrons. The molecule has 0 aliphatic carbocycles. The first-order chi connectivity index (χ1) is 12.6. The van der Waals surface area contributed by atoms with E-state index in [2.05, 4.69) is 46.9 Å². The van der Waals surface area contributed by atoms with Gasteiger partial charge < -0.3 is 14.5 Å². The minimum atomic E-state index is -0.699. The Labute approximate surface area is 157 Å². The van der Waals surface area contributed by atoms with Crippen LogP contribution in [0.15, 0.2) is 52.2 Å². The highest BCUT2D eigenvalue weighted by Crippen LogP contribution is 2.22. The molecule has 1 heterocycles. The first-order valence-electron chi connectivity index (χ1n) is 8.65. The van der Waals surface area contributed by atoms with Crippen molar-refractivity contribution in [2.45, 2.75) is 31.5 Å². The summed E-state index contributed by atoms with van der Waals surface area (Å²) in [6.07, 6.45) is -0.193. The summed E-state index contributed by atoms with van der Waals surface area (Å²) in [5.74, 6) is 0.558. The monoisotopic (exact) mass is 370 g/mol. The van der Waals surface area contributed by atoms with E-state index in [1.54, 1.807) is 0 Å². The molecule has 0 saturated carbocycles. The molecule has 0 amide bonds. The third-order valence-electron chi connectivity index (χ3n) is 4.02. The molecule has 6 heteroatoms. The van der Waals surface area contributed by atoms with E-state index < -0.39 is 6.29 Å². The van der Waals surface area contributed by atoms with Gasteiger partial charge in [-0.3, -0.25) is 4.79 Å². The lowest BCUT2D eigenvalue weighted by atomic mass is 10.0. The topological polar surface area (TPSA) is 64.2 Å². The third kappa shape index (κ3) is 4.15. The van der Waals surface area contributed by atoms with E-state index in [9.17, 15) is 4.79 Å². The Morgan fingerprint density at radius 2 is 1.77 bits per heavy atom. The van der Waals surface area contributed by atoms with Crippen LogP contribution in [-0.4, -0.2) is 23.2 Å². The average molecular weight is 370 g/mol. The van der Waals surface area contributed by atoms with E-state index in [1.165, 1.54) is 5.39 Å². The summed E-state index contributed by atoms with van der Waals surface area (Å²) in [4.78, 5) is 19.9. The zero-order valence-electron chi connectivity index (χ0n) is 14.9. The Balaban J connectivity index is 1.95. The van der Waals surface area contributed by atoms with Gasteiger partial charge in [0, 0.05) is 19.6 Å². The van der Waals surface area contributed by atoms with Gasteiger partial charge in [0.25, 0.3) is 5.56 Å². The highest BCUT2D eigenvalue weighted by atomic mass is 32.1. The number of rotatable bonds is 7. The van der Waals surface area contributed by atoms with Gasteiger partial charge in [-0.25, -0.2) is 4.98 Å². The molecule has 0 bridgehead atoms. The largest absolute Gasteiger partial charge is 0.347 e. The molecule has 3 rings (SSSR count). The fourth-order valence-electron chi connectivity index (χ4n) is 2.83. The Morgan fingerprint density at radius 1 is 1.08 bits per heavy atom. The molecule has 0 unspecified atom stereocenters. The highest BCUT2D eigenvalue weighted by molar-refractivity contribution is 7.80. The van der Waals surface area contributed by atoms with Crippen molar-refractivity contribution in [1.29, 1.82) is 0 Å². The fraction of sp³-hybridized carbons (Fsp3) is 0.300. The predicted octanol–water partition coefficient (Wildman–Crippen LogP) is 3.87. The number of nitrogens with one attached hydrogen (secondary N) is 1. The first-order valence-corrected chi connectivity index (χ1v) is 9.10. The molecule has 0 saturated heterocycles. The van der Waals surface area contributed by atoms with Gasteiger partial charge in [-0.2, -0.15) is 0 Å². The van der Waals surface area contributed by atoms with Gasteiger partial charge in [0.05, 0.1) is 4.90 Å². The van der Waals surface area contributed by atoms with E-state index >= 15 is 0 Å². The summed E-state index contributed by atoms with van der Waals surface area (Å²) in [5, 5.41) is 2.33. The molecule has 0 atom stereocenters.